The first kappa shape index (κ1) is 11.9. The van der Waals surface area contributed by atoms with Crippen LogP contribution in [0.25, 0.3) is 0 Å². The van der Waals surface area contributed by atoms with E-state index in [1.165, 1.54) is 0 Å². The fourth-order valence-electron chi connectivity index (χ4n) is 1.72. The molecule has 0 saturated carbocycles. The molecule has 0 bridgehead atoms. The highest BCUT2D eigenvalue weighted by Crippen LogP contribution is 2.20. The minimum atomic E-state index is 0.138. The number of nitriles is 1. The Labute approximate surface area is 106 Å². The van der Waals surface area contributed by atoms with Crippen LogP contribution in [-0.2, 0) is 0 Å². The fourth-order valence-corrected chi connectivity index (χ4v) is 1.72. The van der Waals surface area contributed by atoms with Crippen LogP contribution in [0.1, 0.15) is 24.1 Å². The van der Waals surface area contributed by atoms with E-state index in [1.807, 2.05) is 30.3 Å². The van der Waals surface area contributed by atoms with Gasteiger partial charge in [-0.05, 0) is 30.7 Å². The fraction of sp³-hybridized carbons (Fsp3) is 0.143. The topological polar surface area (TPSA) is 74.7 Å². The zero-order chi connectivity index (χ0) is 13.0. The molecule has 0 aliphatic carbocycles. The smallest absolute Gasteiger partial charge is 0.125 e. The molecule has 3 N–H and O–H groups in total. The lowest BCUT2D eigenvalue weighted by molar-refractivity contribution is 0.884. The Kier molecular flexibility index (Phi) is 3.44. The summed E-state index contributed by atoms with van der Waals surface area (Å²) in [6.07, 6.45) is 1.67. The van der Waals surface area contributed by atoms with Crippen LogP contribution in [0.3, 0.4) is 0 Å². The summed E-state index contributed by atoms with van der Waals surface area (Å²) >= 11 is 0. The number of nitrogens with one attached hydrogen (secondary N) is 1. The second-order valence-electron chi connectivity index (χ2n) is 4.07. The third kappa shape index (κ3) is 2.77. The largest absolute Gasteiger partial charge is 0.384 e. The van der Waals surface area contributed by atoms with Crippen molar-refractivity contribution in [3.05, 3.63) is 53.7 Å². The zero-order valence-corrected chi connectivity index (χ0v) is 10.1. The standard InChI is InChI=1S/C14H14N4/c1-10(12-4-2-11(9-15)3-5-12)18-13-6-7-17-14(16)8-13/h2-8,10H,1H3,(H3,16,17,18). The average molecular weight is 238 g/mol. The van der Waals surface area contributed by atoms with Crippen molar-refractivity contribution in [1.29, 1.82) is 5.26 Å². The van der Waals surface area contributed by atoms with Crippen molar-refractivity contribution in [2.75, 3.05) is 11.1 Å². The van der Waals surface area contributed by atoms with Gasteiger partial charge in [0.25, 0.3) is 0 Å². The summed E-state index contributed by atoms with van der Waals surface area (Å²) in [5.41, 5.74) is 8.33. The molecule has 18 heavy (non-hydrogen) atoms. The number of aromatic nitrogens is 1. The van der Waals surface area contributed by atoms with Crippen molar-refractivity contribution in [2.45, 2.75) is 13.0 Å². The van der Waals surface area contributed by atoms with Gasteiger partial charge in [-0.25, -0.2) is 4.98 Å². The summed E-state index contributed by atoms with van der Waals surface area (Å²) in [5.74, 6) is 0.493. The van der Waals surface area contributed by atoms with Crippen molar-refractivity contribution in [1.82, 2.24) is 4.98 Å². The van der Waals surface area contributed by atoms with Crippen molar-refractivity contribution in [3.63, 3.8) is 0 Å². The summed E-state index contributed by atoms with van der Waals surface area (Å²) in [6.45, 7) is 2.05. The molecule has 4 nitrogen and oxygen atoms in total. The number of nitrogens with two attached hydrogens (primary N) is 1. The Morgan fingerprint density at radius 3 is 2.61 bits per heavy atom. The van der Waals surface area contributed by atoms with Crippen LogP contribution in [0.5, 0.6) is 0 Å². The van der Waals surface area contributed by atoms with Gasteiger partial charge in [0.15, 0.2) is 0 Å². The Morgan fingerprint density at radius 1 is 1.28 bits per heavy atom. The molecule has 1 heterocycles. The molecule has 0 saturated heterocycles. The van der Waals surface area contributed by atoms with Crippen LogP contribution in [0, 0.1) is 11.3 Å². The Morgan fingerprint density at radius 2 is 2.00 bits per heavy atom. The molecule has 2 aromatic rings. The van der Waals surface area contributed by atoms with Crippen molar-refractivity contribution in [2.24, 2.45) is 0 Å². The molecule has 1 atom stereocenters. The second kappa shape index (κ2) is 5.19. The van der Waals surface area contributed by atoms with Crippen LogP contribution >= 0.6 is 0 Å². The molecule has 2 rings (SSSR count). The molecule has 0 spiro atoms. The number of hydrogen-bond acceptors (Lipinski definition) is 4. The van der Waals surface area contributed by atoms with Gasteiger partial charge in [0.05, 0.1) is 11.6 Å². The predicted molar refractivity (Wildman–Crippen MR) is 71.8 cm³/mol. The molecular formula is C14H14N4. The molecule has 0 aliphatic rings. The highest BCUT2D eigenvalue weighted by Gasteiger charge is 2.05. The van der Waals surface area contributed by atoms with E-state index in [1.54, 1.807) is 12.3 Å². The number of anilines is 2. The lowest BCUT2D eigenvalue weighted by atomic mass is 10.1. The zero-order valence-electron chi connectivity index (χ0n) is 10.1. The van der Waals surface area contributed by atoms with E-state index in [9.17, 15) is 0 Å². The number of nitrogens with zero attached hydrogens (tertiary/aromatic N) is 2. The van der Waals surface area contributed by atoms with E-state index in [2.05, 4.69) is 23.3 Å². The van der Waals surface area contributed by atoms with Crippen LogP contribution < -0.4 is 11.1 Å². The van der Waals surface area contributed by atoms with Gasteiger partial charge in [0, 0.05) is 24.0 Å². The van der Waals surface area contributed by atoms with Gasteiger partial charge < -0.3 is 11.1 Å². The van der Waals surface area contributed by atoms with Crippen molar-refractivity contribution in [3.8, 4) is 6.07 Å². The first-order chi connectivity index (χ1) is 8.69. The highest BCUT2D eigenvalue weighted by atomic mass is 14.9. The average Bonchev–Trinajstić information content (AvgIpc) is 2.39. The maximum atomic E-state index is 8.75. The Bertz CT molecular complexity index is 569. The minimum absolute atomic E-state index is 0.138. The second-order valence-corrected chi connectivity index (χ2v) is 4.07. The maximum absolute atomic E-state index is 8.75. The molecule has 4 heteroatoms. The summed E-state index contributed by atoms with van der Waals surface area (Å²) in [5, 5.41) is 12.1. The van der Waals surface area contributed by atoms with Gasteiger partial charge in [-0.3, -0.25) is 0 Å². The molecule has 1 aromatic carbocycles. The van der Waals surface area contributed by atoms with Crippen LogP contribution in [-0.4, -0.2) is 4.98 Å². The van der Waals surface area contributed by atoms with Gasteiger partial charge in [-0.1, -0.05) is 12.1 Å². The number of benzene rings is 1. The monoisotopic (exact) mass is 238 g/mol. The van der Waals surface area contributed by atoms with Gasteiger partial charge in [0.2, 0.25) is 0 Å². The molecule has 1 unspecified atom stereocenters. The lowest BCUT2D eigenvalue weighted by Gasteiger charge is -2.15. The van der Waals surface area contributed by atoms with E-state index in [0.29, 0.717) is 11.4 Å². The first-order valence-electron chi connectivity index (χ1n) is 5.67. The van der Waals surface area contributed by atoms with Gasteiger partial charge in [-0.2, -0.15) is 5.26 Å². The number of rotatable bonds is 3. The van der Waals surface area contributed by atoms with Crippen LogP contribution in [0.4, 0.5) is 11.5 Å². The molecular weight excluding hydrogens is 224 g/mol. The SMILES string of the molecule is CC(Nc1ccnc(N)c1)c1ccc(C#N)cc1. The van der Waals surface area contributed by atoms with Crippen molar-refractivity contribution >= 4 is 11.5 Å². The van der Waals surface area contributed by atoms with Crippen molar-refractivity contribution < 1.29 is 0 Å². The number of hydrogen-bond donors (Lipinski definition) is 2. The first-order valence-corrected chi connectivity index (χ1v) is 5.67. The van der Waals surface area contributed by atoms with Crippen LogP contribution in [0.2, 0.25) is 0 Å². The summed E-state index contributed by atoms with van der Waals surface area (Å²) in [4.78, 5) is 3.94. The normalized spacial score (nSPS) is 11.6. The summed E-state index contributed by atoms with van der Waals surface area (Å²) < 4.78 is 0. The Balaban J connectivity index is 2.12. The molecule has 0 radical (unpaired) electrons. The molecule has 90 valence electrons. The quantitative estimate of drug-likeness (QED) is 0.862. The van der Waals surface area contributed by atoms with Gasteiger partial charge in [0.1, 0.15) is 5.82 Å². The van der Waals surface area contributed by atoms with Gasteiger partial charge >= 0.3 is 0 Å². The Hall–Kier alpha value is -2.54. The van der Waals surface area contributed by atoms with E-state index < -0.39 is 0 Å². The summed E-state index contributed by atoms with van der Waals surface area (Å²) in [6, 6.07) is 13.4. The number of nitrogen functional groups attached to an aromatic ring is 1. The lowest BCUT2D eigenvalue weighted by Crippen LogP contribution is -2.07. The van der Waals surface area contributed by atoms with Crippen LogP contribution in [0.15, 0.2) is 42.6 Å². The van der Waals surface area contributed by atoms with E-state index in [0.717, 1.165) is 11.3 Å². The predicted octanol–water partition coefficient (Wildman–Crippen LogP) is 2.71. The maximum Gasteiger partial charge on any atom is 0.125 e. The summed E-state index contributed by atoms with van der Waals surface area (Å²) in [7, 11) is 0. The van der Waals surface area contributed by atoms with E-state index in [4.69, 9.17) is 11.0 Å². The molecule has 1 aromatic heterocycles. The molecule has 0 fully saturated rings. The molecule has 0 aliphatic heterocycles. The van der Waals surface area contributed by atoms with Gasteiger partial charge in [-0.15, -0.1) is 0 Å². The van der Waals surface area contributed by atoms with E-state index >= 15 is 0 Å². The highest BCUT2D eigenvalue weighted by molar-refractivity contribution is 5.51. The third-order valence-corrected chi connectivity index (χ3v) is 2.70. The molecule has 0 amide bonds. The van der Waals surface area contributed by atoms with E-state index in [-0.39, 0.29) is 6.04 Å². The minimum Gasteiger partial charge on any atom is -0.384 e. The number of pyridine rings is 1. The third-order valence-electron chi connectivity index (χ3n) is 2.70.